The maximum atomic E-state index is 11.4. The molecule has 0 aromatic heterocycles. The summed E-state index contributed by atoms with van der Waals surface area (Å²) in [5.41, 5.74) is 1.47. The fraction of sp³-hybridized carbons (Fsp3) is 0.273. The van der Waals surface area contributed by atoms with Gasteiger partial charge in [-0.05, 0) is 30.7 Å². The van der Waals surface area contributed by atoms with E-state index in [4.69, 9.17) is 10.2 Å². The molecule has 0 radical (unpaired) electrons. The number of urea groups is 1. The first-order chi connectivity index (χ1) is 8.40. The number of carbonyl (C=O) groups excluding carboxylic acids is 1. The summed E-state index contributed by atoms with van der Waals surface area (Å²) in [7, 11) is 0. The number of anilines is 1. The van der Waals surface area contributed by atoms with Crippen LogP contribution in [-0.2, 0) is 4.79 Å². The van der Waals surface area contributed by atoms with Crippen molar-refractivity contribution in [1.82, 2.24) is 5.32 Å². The number of hydrogen-bond donors (Lipinski definition) is 4. The van der Waals surface area contributed by atoms with Gasteiger partial charge in [-0.3, -0.25) is 0 Å². The monoisotopic (exact) mass is 316 g/mol. The van der Waals surface area contributed by atoms with Crippen molar-refractivity contribution in [3.05, 3.63) is 28.2 Å². The molecule has 1 aromatic rings. The first-order valence-corrected chi connectivity index (χ1v) is 5.91. The van der Waals surface area contributed by atoms with Gasteiger partial charge in [0.2, 0.25) is 0 Å². The van der Waals surface area contributed by atoms with Crippen LogP contribution in [0.3, 0.4) is 0 Å². The molecule has 0 bridgehead atoms. The standard InChI is InChI=1S/C11H13BrN2O4/c1-6-4-7(12)2-3-8(6)14-11(18)13-5-9(15)10(16)17/h2-4,9,15H,5H2,1H3,(H,16,17)(H2,13,14,18). The Morgan fingerprint density at radius 2 is 2.11 bits per heavy atom. The predicted molar refractivity (Wildman–Crippen MR) is 69.5 cm³/mol. The number of amides is 2. The molecule has 0 aliphatic heterocycles. The molecule has 0 spiro atoms. The average Bonchev–Trinajstić information content (AvgIpc) is 2.29. The van der Waals surface area contributed by atoms with Gasteiger partial charge in [-0.25, -0.2) is 9.59 Å². The fourth-order valence-electron chi connectivity index (χ4n) is 1.21. The first kappa shape index (κ1) is 14.5. The smallest absolute Gasteiger partial charge is 0.334 e. The Labute approximate surface area is 112 Å². The van der Waals surface area contributed by atoms with Gasteiger partial charge >= 0.3 is 12.0 Å². The van der Waals surface area contributed by atoms with Crippen LogP contribution in [0.25, 0.3) is 0 Å². The highest BCUT2D eigenvalue weighted by molar-refractivity contribution is 9.10. The number of aliphatic hydroxyl groups excluding tert-OH is 1. The molecule has 2 amide bonds. The summed E-state index contributed by atoms with van der Waals surface area (Å²) in [6, 6.07) is 4.75. The molecular formula is C11H13BrN2O4. The third kappa shape index (κ3) is 4.34. The minimum Gasteiger partial charge on any atom is -0.479 e. The van der Waals surface area contributed by atoms with E-state index in [9.17, 15) is 9.59 Å². The zero-order valence-electron chi connectivity index (χ0n) is 9.61. The number of nitrogens with one attached hydrogen (secondary N) is 2. The molecule has 1 unspecified atom stereocenters. The summed E-state index contributed by atoms with van der Waals surface area (Å²) in [4.78, 5) is 21.8. The summed E-state index contributed by atoms with van der Waals surface area (Å²) in [5.74, 6) is -1.38. The van der Waals surface area contributed by atoms with Gasteiger partial charge in [0.15, 0.2) is 6.10 Å². The quantitative estimate of drug-likeness (QED) is 0.673. The molecule has 0 saturated carbocycles. The van der Waals surface area contributed by atoms with Crippen LogP contribution in [0.4, 0.5) is 10.5 Å². The number of rotatable bonds is 4. The maximum absolute atomic E-state index is 11.4. The molecule has 0 aliphatic rings. The number of carbonyl (C=O) groups is 2. The van der Waals surface area contributed by atoms with Gasteiger partial charge in [0.1, 0.15) is 0 Å². The Balaban J connectivity index is 2.52. The van der Waals surface area contributed by atoms with Gasteiger partial charge in [-0.1, -0.05) is 15.9 Å². The summed E-state index contributed by atoms with van der Waals surface area (Å²) in [6.07, 6.45) is -1.61. The fourth-order valence-corrected chi connectivity index (χ4v) is 1.69. The van der Waals surface area contributed by atoms with Gasteiger partial charge < -0.3 is 20.8 Å². The maximum Gasteiger partial charge on any atom is 0.334 e. The lowest BCUT2D eigenvalue weighted by Gasteiger charge is -2.11. The van der Waals surface area contributed by atoms with Crippen LogP contribution in [0.1, 0.15) is 5.56 Å². The van der Waals surface area contributed by atoms with Crippen molar-refractivity contribution in [3.8, 4) is 0 Å². The topological polar surface area (TPSA) is 98.7 Å². The number of halogens is 1. The third-order valence-corrected chi connectivity index (χ3v) is 2.67. The number of carboxylic acids is 1. The van der Waals surface area contributed by atoms with E-state index in [2.05, 4.69) is 26.6 Å². The minimum absolute atomic E-state index is 0.350. The van der Waals surface area contributed by atoms with Crippen molar-refractivity contribution < 1.29 is 19.8 Å². The summed E-state index contributed by atoms with van der Waals surface area (Å²) >= 11 is 3.30. The number of benzene rings is 1. The molecule has 4 N–H and O–H groups in total. The third-order valence-electron chi connectivity index (χ3n) is 2.18. The highest BCUT2D eigenvalue weighted by atomic mass is 79.9. The average molecular weight is 317 g/mol. The molecule has 0 fully saturated rings. The molecule has 0 aliphatic carbocycles. The van der Waals surface area contributed by atoms with Gasteiger partial charge in [-0.2, -0.15) is 0 Å². The van der Waals surface area contributed by atoms with E-state index < -0.39 is 18.1 Å². The zero-order valence-corrected chi connectivity index (χ0v) is 11.2. The van der Waals surface area contributed by atoms with E-state index in [1.807, 2.05) is 13.0 Å². The molecule has 1 atom stereocenters. The van der Waals surface area contributed by atoms with E-state index in [1.54, 1.807) is 12.1 Å². The van der Waals surface area contributed by atoms with Gasteiger partial charge in [0, 0.05) is 10.2 Å². The summed E-state index contributed by atoms with van der Waals surface area (Å²) < 4.78 is 0.896. The van der Waals surface area contributed by atoms with Crippen molar-refractivity contribution in [1.29, 1.82) is 0 Å². The Kier molecular flexibility index (Phi) is 5.11. The van der Waals surface area contributed by atoms with Crippen LogP contribution < -0.4 is 10.6 Å². The van der Waals surface area contributed by atoms with E-state index in [0.717, 1.165) is 10.0 Å². The van der Waals surface area contributed by atoms with E-state index in [-0.39, 0.29) is 6.54 Å². The van der Waals surface area contributed by atoms with E-state index in [0.29, 0.717) is 5.69 Å². The van der Waals surface area contributed by atoms with E-state index >= 15 is 0 Å². The predicted octanol–water partition coefficient (Wildman–Crippen LogP) is 1.32. The molecule has 1 aromatic carbocycles. The Morgan fingerprint density at radius 1 is 1.44 bits per heavy atom. The zero-order chi connectivity index (χ0) is 13.7. The second kappa shape index (κ2) is 6.36. The Morgan fingerprint density at radius 3 is 2.67 bits per heavy atom. The van der Waals surface area contributed by atoms with Gasteiger partial charge in [0.05, 0.1) is 6.54 Å². The Bertz CT molecular complexity index is 464. The lowest BCUT2D eigenvalue weighted by molar-refractivity contribution is -0.146. The molecule has 6 nitrogen and oxygen atoms in total. The van der Waals surface area contributed by atoms with Crippen LogP contribution in [0, 0.1) is 6.92 Å². The SMILES string of the molecule is Cc1cc(Br)ccc1NC(=O)NCC(O)C(=O)O. The Hall–Kier alpha value is -1.60. The number of carboxylic acid groups (broad SMARTS) is 1. The highest BCUT2D eigenvalue weighted by Crippen LogP contribution is 2.19. The lowest BCUT2D eigenvalue weighted by atomic mass is 10.2. The van der Waals surface area contributed by atoms with Crippen molar-refractivity contribution >= 4 is 33.6 Å². The molecular weight excluding hydrogens is 304 g/mol. The number of hydrogen-bond acceptors (Lipinski definition) is 3. The van der Waals surface area contributed by atoms with Crippen molar-refractivity contribution in [2.45, 2.75) is 13.0 Å². The van der Waals surface area contributed by atoms with Crippen LogP contribution in [0.5, 0.6) is 0 Å². The molecule has 0 heterocycles. The normalized spacial score (nSPS) is 11.7. The number of aryl methyl sites for hydroxylation is 1. The summed E-state index contributed by atoms with van der Waals surface area (Å²) in [6.45, 7) is 1.48. The minimum atomic E-state index is -1.61. The van der Waals surface area contributed by atoms with Crippen LogP contribution >= 0.6 is 15.9 Å². The molecule has 98 valence electrons. The molecule has 0 saturated heterocycles. The van der Waals surface area contributed by atoms with Crippen molar-refractivity contribution in [2.75, 3.05) is 11.9 Å². The largest absolute Gasteiger partial charge is 0.479 e. The molecule has 18 heavy (non-hydrogen) atoms. The second-order valence-corrected chi connectivity index (χ2v) is 4.56. The van der Waals surface area contributed by atoms with Crippen molar-refractivity contribution in [3.63, 3.8) is 0 Å². The second-order valence-electron chi connectivity index (χ2n) is 3.65. The highest BCUT2D eigenvalue weighted by Gasteiger charge is 2.14. The lowest BCUT2D eigenvalue weighted by Crippen LogP contribution is -2.38. The number of aliphatic hydroxyl groups is 1. The van der Waals surface area contributed by atoms with Crippen molar-refractivity contribution in [2.24, 2.45) is 0 Å². The van der Waals surface area contributed by atoms with Crippen LogP contribution in [0.15, 0.2) is 22.7 Å². The number of aliphatic carboxylic acids is 1. The van der Waals surface area contributed by atoms with E-state index in [1.165, 1.54) is 0 Å². The summed E-state index contributed by atoms with van der Waals surface area (Å²) in [5, 5.41) is 22.2. The first-order valence-electron chi connectivity index (χ1n) is 5.12. The molecule has 7 heteroatoms. The van der Waals surface area contributed by atoms with Crippen LogP contribution in [0.2, 0.25) is 0 Å². The van der Waals surface area contributed by atoms with Crippen LogP contribution in [-0.4, -0.2) is 34.9 Å². The van der Waals surface area contributed by atoms with Gasteiger partial charge in [0.25, 0.3) is 0 Å². The molecule has 1 rings (SSSR count). The van der Waals surface area contributed by atoms with Gasteiger partial charge in [-0.15, -0.1) is 0 Å².